The summed E-state index contributed by atoms with van der Waals surface area (Å²) in [6.07, 6.45) is 5.86. The second-order valence-corrected chi connectivity index (χ2v) is 8.18. The summed E-state index contributed by atoms with van der Waals surface area (Å²) in [6.45, 7) is 13.5. The first-order valence-corrected chi connectivity index (χ1v) is 11.8. The zero-order valence-electron chi connectivity index (χ0n) is 19.5. The number of likely N-dealkylation sites (tertiary alicyclic amines) is 1. The van der Waals surface area contributed by atoms with Crippen LogP contribution in [0.5, 0.6) is 0 Å². The quantitative estimate of drug-likeness (QED) is 0.441. The second kappa shape index (κ2) is 12.6. The number of amides is 1. The number of carbonyl (C=O) groups is 1. The molecule has 1 aromatic heterocycles. The number of piperidine rings is 1. The van der Waals surface area contributed by atoms with Crippen molar-refractivity contribution < 1.29 is 9.32 Å². The van der Waals surface area contributed by atoms with E-state index >= 15 is 0 Å². The molecule has 0 aromatic carbocycles. The highest BCUT2D eigenvalue weighted by atomic mass is 16.5. The Kier molecular flexibility index (Phi) is 10.2. The molecule has 1 saturated heterocycles. The normalized spacial score (nSPS) is 15.8. The Bertz CT molecular complexity index is 656. The van der Waals surface area contributed by atoms with Crippen molar-refractivity contribution >= 4 is 11.9 Å². The summed E-state index contributed by atoms with van der Waals surface area (Å²) >= 11 is 0. The van der Waals surface area contributed by atoms with E-state index < -0.39 is 0 Å². The number of nitrogens with one attached hydrogen (secondary N) is 2. The van der Waals surface area contributed by atoms with Gasteiger partial charge < -0.3 is 20.1 Å². The van der Waals surface area contributed by atoms with E-state index in [2.05, 4.69) is 50.4 Å². The molecule has 1 aliphatic heterocycles. The van der Waals surface area contributed by atoms with E-state index in [1.54, 1.807) is 0 Å². The number of rotatable bonds is 10. The van der Waals surface area contributed by atoms with Gasteiger partial charge in [0.1, 0.15) is 6.54 Å². The molecule has 7 nitrogen and oxygen atoms in total. The molecule has 0 radical (unpaired) electrons. The lowest BCUT2D eigenvalue weighted by Gasteiger charge is -2.34. The van der Waals surface area contributed by atoms with Crippen LogP contribution in [0.3, 0.4) is 0 Å². The highest BCUT2D eigenvalue weighted by Crippen LogP contribution is 2.22. The third kappa shape index (κ3) is 6.74. The van der Waals surface area contributed by atoms with E-state index in [9.17, 15) is 4.79 Å². The predicted octanol–water partition coefficient (Wildman–Crippen LogP) is 4.06. The third-order valence-corrected chi connectivity index (χ3v) is 6.20. The van der Waals surface area contributed by atoms with Gasteiger partial charge in [-0.3, -0.25) is 4.79 Å². The molecule has 1 aliphatic rings. The highest BCUT2D eigenvalue weighted by molar-refractivity contribution is 5.80. The lowest BCUT2D eigenvalue weighted by atomic mass is 9.98. The summed E-state index contributed by atoms with van der Waals surface area (Å²) in [4.78, 5) is 19.3. The molecule has 2 N–H and O–H groups in total. The molecule has 2 rings (SSSR count). The van der Waals surface area contributed by atoms with Gasteiger partial charge in [0.05, 0.1) is 5.69 Å². The van der Waals surface area contributed by atoms with Crippen LogP contribution < -0.4 is 10.6 Å². The Labute approximate surface area is 182 Å². The van der Waals surface area contributed by atoms with Crippen LogP contribution in [0.4, 0.5) is 0 Å². The van der Waals surface area contributed by atoms with Gasteiger partial charge in [-0.2, -0.15) is 0 Å². The molecule has 0 unspecified atom stereocenters. The fourth-order valence-electron chi connectivity index (χ4n) is 4.11. The van der Waals surface area contributed by atoms with E-state index in [0.717, 1.165) is 75.6 Å². The van der Waals surface area contributed by atoms with Crippen molar-refractivity contribution in [1.29, 1.82) is 0 Å². The molecule has 30 heavy (non-hydrogen) atoms. The Morgan fingerprint density at radius 3 is 2.40 bits per heavy atom. The minimum atomic E-state index is 0.167. The van der Waals surface area contributed by atoms with Crippen LogP contribution in [0, 0.1) is 5.92 Å². The van der Waals surface area contributed by atoms with Crippen LogP contribution >= 0.6 is 0 Å². The lowest BCUT2D eigenvalue weighted by Crippen LogP contribution is -2.50. The first-order valence-electron chi connectivity index (χ1n) is 11.8. The molecular weight excluding hydrogens is 378 g/mol. The van der Waals surface area contributed by atoms with Crippen molar-refractivity contribution in [1.82, 2.24) is 20.7 Å². The number of aliphatic imine (C=N–C) groups is 1. The maximum Gasteiger partial charge on any atom is 0.225 e. The van der Waals surface area contributed by atoms with Gasteiger partial charge in [0.2, 0.25) is 5.91 Å². The van der Waals surface area contributed by atoms with Gasteiger partial charge in [0, 0.05) is 43.6 Å². The minimum Gasteiger partial charge on any atom is -0.359 e. The lowest BCUT2D eigenvalue weighted by molar-refractivity contribution is -0.136. The molecule has 0 atom stereocenters. The van der Waals surface area contributed by atoms with Crippen LogP contribution in [0.25, 0.3) is 0 Å². The van der Waals surface area contributed by atoms with Crippen molar-refractivity contribution in [2.45, 2.75) is 91.6 Å². The first kappa shape index (κ1) is 24.2. The zero-order chi connectivity index (χ0) is 21.9. The molecule has 0 saturated carbocycles. The summed E-state index contributed by atoms with van der Waals surface area (Å²) in [5.74, 6) is 2.52. The fraction of sp³-hybridized carbons (Fsp3) is 0.783. The van der Waals surface area contributed by atoms with Crippen molar-refractivity contribution in [3.63, 3.8) is 0 Å². The fourth-order valence-corrected chi connectivity index (χ4v) is 4.11. The molecule has 0 spiro atoms. The maximum absolute atomic E-state index is 12.6. The molecule has 1 aromatic rings. The number of carbonyl (C=O) groups excluding carboxylic acids is 1. The SMILES string of the molecule is CCNC(=NCc1cc(C(CC)CC)no1)NC1CCN(C(=O)C(CC)CC)CC1. The number of hydrogen-bond acceptors (Lipinski definition) is 4. The molecule has 0 bridgehead atoms. The zero-order valence-corrected chi connectivity index (χ0v) is 19.5. The van der Waals surface area contributed by atoms with Crippen LogP contribution in [0.2, 0.25) is 0 Å². The Balaban J connectivity index is 1.89. The molecule has 170 valence electrons. The Hall–Kier alpha value is -2.05. The van der Waals surface area contributed by atoms with Gasteiger partial charge in [0.15, 0.2) is 11.7 Å². The number of hydrogen-bond donors (Lipinski definition) is 2. The smallest absolute Gasteiger partial charge is 0.225 e. The standard InChI is InChI=1S/C23H41N5O2/c1-6-17(7-2)21-15-20(30-27-21)16-25-23(24-10-5)26-19-11-13-28(14-12-19)22(29)18(8-3)9-4/h15,17-19H,6-14,16H2,1-5H3,(H2,24,25,26). The molecule has 2 heterocycles. The van der Waals surface area contributed by atoms with Crippen molar-refractivity contribution in [2.24, 2.45) is 10.9 Å². The van der Waals surface area contributed by atoms with Gasteiger partial charge in [-0.15, -0.1) is 0 Å². The molecule has 1 fully saturated rings. The summed E-state index contributed by atoms with van der Waals surface area (Å²) in [6, 6.07) is 2.36. The largest absolute Gasteiger partial charge is 0.359 e. The van der Waals surface area contributed by atoms with Crippen LogP contribution in [-0.4, -0.2) is 47.6 Å². The van der Waals surface area contributed by atoms with Gasteiger partial charge in [-0.1, -0.05) is 32.9 Å². The average Bonchev–Trinajstić information content (AvgIpc) is 3.23. The maximum atomic E-state index is 12.6. The van der Waals surface area contributed by atoms with Crippen molar-refractivity contribution in [2.75, 3.05) is 19.6 Å². The second-order valence-electron chi connectivity index (χ2n) is 8.18. The van der Waals surface area contributed by atoms with E-state index in [0.29, 0.717) is 24.4 Å². The minimum absolute atomic E-state index is 0.167. The number of aromatic nitrogens is 1. The highest BCUT2D eigenvalue weighted by Gasteiger charge is 2.26. The van der Waals surface area contributed by atoms with Gasteiger partial charge in [0.25, 0.3) is 0 Å². The third-order valence-electron chi connectivity index (χ3n) is 6.20. The van der Waals surface area contributed by atoms with Crippen molar-refractivity contribution in [3.05, 3.63) is 17.5 Å². The molecule has 1 amide bonds. The van der Waals surface area contributed by atoms with Gasteiger partial charge in [-0.25, -0.2) is 4.99 Å². The molecular formula is C23H41N5O2. The summed E-state index contributed by atoms with van der Waals surface area (Å²) in [5, 5.41) is 11.1. The monoisotopic (exact) mass is 419 g/mol. The Morgan fingerprint density at radius 1 is 1.17 bits per heavy atom. The van der Waals surface area contributed by atoms with Crippen LogP contribution in [0.1, 0.15) is 90.5 Å². The van der Waals surface area contributed by atoms with E-state index in [-0.39, 0.29) is 5.92 Å². The van der Waals surface area contributed by atoms with Gasteiger partial charge >= 0.3 is 0 Å². The predicted molar refractivity (Wildman–Crippen MR) is 121 cm³/mol. The van der Waals surface area contributed by atoms with Crippen LogP contribution in [0.15, 0.2) is 15.6 Å². The van der Waals surface area contributed by atoms with Crippen molar-refractivity contribution in [3.8, 4) is 0 Å². The Morgan fingerprint density at radius 2 is 1.83 bits per heavy atom. The van der Waals surface area contributed by atoms with E-state index in [1.807, 2.05) is 11.0 Å². The first-order chi connectivity index (χ1) is 14.6. The average molecular weight is 420 g/mol. The van der Waals surface area contributed by atoms with Crippen LogP contribution in [-0.2, 0) is 11.3 Å². The topological polar surface area (TPSA) is 82.8 Å². The van der Waals surface area contributed by atoms with Gasteiger partial charge in [-0.05, 0) is 45.4 Å². The number of guanidine groups is 1. The van der Waals surface area contributed by atoms with E-state index in [1.165, 1.54) is 0 Å². The number of nitrogens with zero attached hydrogens (tertiary/aromatic N) is 3. The summed E-state index contributed by atoms with van der Waals surface area (Å²) in [7, 11) is 0. The molecule has 7 heteroatoms. The van der Waals surface area contributed by atoms with E-state index in [4.69, 9.17) is 9.52 Å². The molecule has 0 aliphatic carbocycles. The summed E-state index contributed by atoms with van der Waals surface area (Å²) in [5.41, 5.74) is 1.03. The summed E-state index contributed by atoms with van der Waals surface area (Å²) < 4.78 is 5.50.